The van der Waals surface area contributed by atoms with Crippen molar-refractivity contribution in [2.24, 2.45) is 0 Å². The number of benzene rings is 4. The van der Waals surface area contributed by atoms with Crippen molar-refractivity contribution in [1.82, 2.24) is 5.32 Å². The topological polar surface area (TPSA) is 50.4 Å². The Morgan fingerprint density at radius 2 is 1.57 bits per heavy atom. The van der Waals surface area contributed by atoms with Crippen LogP contribution in [-0.4, -0.2) is 11.0 Å². The summed E-state index contributed by atoms with van der Waals surface area (Å²) < 4.78 is 5.80. The summed E-state index contributed by atoms with van der Waals surface area (Å²) in [6.07, 6.45) is 0. The van der Waals surface area contributed by atoms with E-state index in [2.05, 4.69) is 10.6 Å². The average Bonchev–Trinajstić information content (AvgIpc) is 2.78. The van der Waals surface area contributed by atoms with Gasteiger partial charge in [0.25, 0.3) is 5.91 Å². The molecule has 0 unspecified atom stereocenters. The number of rotatable bonds is 5. The van der Waals surface area contributed by atoms with Crippen LogP contribution in [0.2, 0.25) is 0 Å². The molecule has 4 aromatic carbocycles. The number of thiocarbonyl (C=S) groups is 1. The molecule has 0 aliphatic rings. The minimum absolute atomic E-state index is 0.242. The summed E-state index contributed by atoms with van der Waals surface area (Å²) in [5, 5.41) is 8.27. The number of anilines is 1. The lowest BCUT2D eigenvalue weighted by atomic mass is 10.1. The number of hydrogen-bond donors (Lipinski definition) is 2. The second-order valence-electron chi connectivity index (χ2n) is 6.77. The number of fused-ring (bicyclic) bond motifs is 1. The van der Waals surface area contributed by atoms with E-state index in [1.807, 2.05) is 78.9 Å². The molecule has 0 aliphatic carbocycles. The van der Waals surface area contributed by atoms with Gasteiger partial charge in [-0.25, -0.2) is 0 Å². The standard InChI is InChI=1S/C25H20N2O2S/c28-24(21-11-6-12-23(16-21)29-17-18-7-2-1-3-8-18)27-25(30)26-22-14-13-19-9-4-5-10-20(19)15-22/h1-16H,17H2,(H2,26,27,28,30). The van der Waals surface area contributed by atoms with Gasteiger partial charge < -0.3 is 10.1 Å². The van der Waals surface area contributed by atoms with Crippen LogP contribution in [-0.2, 0) is 6.61 Å². The zero-order chi connectivity index (χ0) is 20.8. The maximum atomic E-state index is 12.6. The molecule has 2 N–H and O–H groups in total. The lowest BCUT2D eigenvalue weighted by molar-refractivity contribution is 0.0977. The van der Waals surface area contributed by atoms with Crippen LogP contribution in [0.5, 0.6) is 5.75 Å². The normalized spacial score (nSPS) is 10.4. The monoisotopic (exact) mass is 412 g/mol. The van der Waals surface area contributed by atoms with Gasteiger partial charge in [-0.2, -0.15) is 0 Å². The summed E-state index contributed by atoms with van der Waals surface area (Å²) in [6.45, 7) is 0.438. The van der Waals surface area contributed by atoms with E-state index >= 15 is 0 Å². The van der Waals surface area contributed by atoms with Crippen molar-refractivity contribution in [3.8, 4) is 5.75 Å². The van der Waals surface area contributed by atoms with Gasteiger partial charge in [-0.05, 0) is 58.9 Å². The van der Waals surface area contributed by atoms with E-state index < -0.39 is 0 Å². The first-order valence-corrected chi connectivity index (χ1v) is 9.96. The van der Waals surface area contributed by atoms with Crippen LogP contribution in [0.3, 0.4) is 0 Å². The lowest BCUT2D eigenvalue weighted by Gasteiger charge is -2.11. The first-order valence-electron chi connectivity index (χ1n) is 9.55. The SMILES string of the molecule is O=C(NC(=S)Nc1ccc2ccccc2c1)c1cccc(OCc2ccccc2)c1. The molecular weight excluding hydrogens is 392 g/mol. The molecule has 0 aromatic heterocycles. The summed E-state index contributed by atoms with van der Waals surface area (Å²) in [6, 6.07) is 30.9. The molecule has 0 aliphatic heterocycles. The highest BCUT2D eigenvalue weighted by Crippen LogP contribution is 2.19. The van der Waals surface area contributed by atoms with Crippen molar-refractivity contribution in [2.75, 3.05) is 5.32 Å². The zero-order valence-corrected chi connectivity index (χ0v) is 17.0. The first-order chi connectivity index (χ1) is 14.7. The molecule has 0 heterocycles. The van der Waals surface area contributed by atoms with Gasteiger partial charge in [0.05, 0.1) is 0 Å². The Labute approximate surface area is 180 Å². The van der Waals surface area contributed by atoms with E-state index in [-0.39, 0.29) is 11.0 Å². The van der Waals surface area contributed by atoms with Crippen molar-refractivity contribution >= 4 is 39.7 Å². The van der Waals surface area contributed by atoms with Gasteiger partial charge in [-0.15, -0.1) is 0 Å². The third kappa shape index (κ3) is 5.01. The molecule has 4 rings (SSSR count). The highest BCUT2D eigenvalue weighted by Gasteiger charge is 2.09. The minimum atomic E-state index is -0.293. The molecule has 4 aromatic rings. The van der Waals surface area contributed by atoms with Gasteiger partial charge in [0.1, 0.15) is 12.4 Å². The van der Waals surface area contributed by atoms with E-state index in [1.54, 1.807) is 18.2 Å². The second-order valence-corrected chi connectivity index (χ2v) is 7.18. The molecular formula is C25H20N2O2S. The van der Waals surface area contributed by atoms with E-state index in [0.717, 1.165) is 22.0 Å². The number of ether oxygens (including phenoxy) is 1. The number of nitrogens with one attached hydrogen (secondary N) is 2. The molecule has 0 atom stereocenters. The van der Waals surface area contributed by atoms with Crippen molar-refractivity contribution < 1.29 is 9.53 Å². The van der Waals surface area contributed by atoms with E-state index in [4.69, 9.17) is 17.0 Å². The molecule has 0 bridgehead atoms. The van der Waals surface area contributed by atoms with E-state index in [1.165, 1.54) is 0 Å². The van der Waals surface area contributed by atoms with Crippen LogP contribution in [0, 0.1) is 0 Å². The molecule has 0 fully saturated rings. The van der Waals surface area contributed by atoms with Crippen molar-refractivity contribution in [2.45, 2.75) is 6.61 Å². The van der Waals surface area contributed by atoms with Crippen LogP contribution < -0.4 is 15.4 Å². The quantitative estimate of drug-likeness (QED) is 0.422. The number of hydrogen-bond acceptors (Lipinski definition) is 3. The Kier molecular flexibility index (Phi) is 6.01. The molecule has 0 saturated carbocycles. The Morgan fingerprint density at radius 1 is 0.800 bits per heavy atom. The highest BCUT2D eigenvalue weighted by atomic mass is 32.1. The minimum Gasteiger partial charge on any atom is -0.489 e. The Morgan fingerprint density at radius 3 is 2.40 bits per heavy atom. The third-order valence-electron chi connectivity index (χ3n) is 4.58. The fourth-order valence-corrected chi connectivity index (χ4v) is 3.28. The fraction of sp³-hybridized carbons (Fsp3) is 0.0400. The molecule has 0 spiro atoms. The maximum absolute atomic E-state index is 12.6. The number of carbonyl (C=O) groups is 1. The summed E-state index contributed by atoms with van der Waals surface area (Å²) in [4.78, 5) is 12.6. The van der Waals surface area contributed by atoms with Crippen LogP contribution in [0.15, 0.2) is 97.1 Å². The maximum Gasteiger partial charge on any atom is 0.257 e. The molecule has 30 heavy (non-hydrogen) atoms. The lowest BCUT2D eigenvalue weighted by Crippen LogP contribution is -2.34. The smallest absolute Gasteiger partial charge is 0.257 e. The molecule has 0 saturated heterocycles. The van der Waals surface area contributed by atoms with Gasteiger partial charge in [0.15, 0.2) is 5.11 Å². The van der Waals surface area contributed by atoms with Crippen LogP contribution in [0.25, 0.3) is 10.8 Å². The van der Waals surface area contributed by atoms with Crippen LogP contribution >= 0.6 is 12.2 Å². The Hall–Kier alpha value is -3.70. The Bertz CT molecular complexity index is 1190. The Balaban J connectivity index is 1.37. The number of amides is 1. The summed E-state index contributed by atoms with van der Waals surface area (Å²) >= 11 is 5.31. The molecule has 1 amide bonds. The summed E-state index contributed by atoms with van der Waals surface area (Å²) in [7, 11) is 0. The van der Waals surface area contributed by atoms with Crippen molar-refractivity contribution in [3.63, 3.8) is 0 Å². The first kappa shape index (κ1) is 19.6. The van der Waals surface area contributed by atoms with Gasteiger partial charge in [0, 0.05) is 11.3 Å². The van der Waals surface area contributed by atoms with Gasteiger partial charge in [-0.1, -0.05) is 66.7 Å². The fourth-order valence-electron chi connectivity index (χ4n) is 3.07. The van der Waals surface area contributed by atoms with E-state index in [9.17, 15) is 4.79 Å². The molecule has 4 nitrogen and oxygen atoms in total. The predicted molar refractivity (Wildman–Crippen MR) is 125 cm³/mol. The van der Waals surface area contributed by atoms with Gasteiger partial charge in [-0.3, -0.25) is 10.1 Å². The largest absolute Gasteiger partial charge is 0.489 e. The third-order valence-corrected chi connectivity index (χ3v) is 4.78. The second kappa shape index (κ2) is 9.20. The average molecular weight is 413 g/mol. The van der Waals surface area contributed by atoms with Crippen molar-refractivity contribution in [3.05, 3.63) is 108 Å². The number of carbonyl (C=O) groups excluding carboxylic acids is 1. The zero-order valence-electron chi connectivity index (χ0n) is 16.2. The highest BCUT2D eigenvalue weighted by molar-refractivity contribution is 7.80. The van der Waals surface area contributed by atoms with E-state index in [0.29, 0.717) is 17.9 Å². The summed E-state index contributed by atoms with van der Waals surface area (Å²) in [5.74, 6) is 0.332. The summed E-state index contributed by atoms with van der Waals surface area (Å²) in [5.41, 5.74) is 2.36. The van der Waals surface area contributed by atoms with Crippen LogP contribution in [0.4, 0.5) is 5.69 Å². The van der Waals surface area contributed by atoms with Gasteiger partial charge >= 0.3 is 0 Å². The predicted octanol–water partition coefficient (Wildman–Crippen LogP) is 5.55. The van der Waals surface area contributed by atoms with Crippen molar-refractivity contribution in [1.29, 1.82) is 0 Å². The molecule has 5 heteroatoms. The van der Waals surface area contributed by atoms with Gasteiger partial charge in [0.2, 0.25) is 0 Å². The van der Waals surface area contributed by atoms with Crippen LogP contribution in [0.1, 0.15) is 15.9 Å². The molecule has 148 valence electrons. The molecule has 0 radical (unpaired) electrons.